The summed E-state index contributed by atoms with van der Waals surface area (Å²) in [6.45, 7) is 2.36. The van der Waals surface area contributed by atoms with Crippen molar-refractivity contribution in [3.8, 4) is 23.1 Å². The first-order valence-electron chi connectivity index (χ1n) is 16.1. The number of hydrogen-bond donors (Lipinski definition) is 2. The number of carbonyl (C=O) groups excluding carboxylic acids is 1. The topological polar surface area (TPSA) is 141 Å². The summed E-state index contributed by atoms with van der Waals surface area (Å²) in [5.41, 5.74) is 0.870. The van der Waals surface area contributed by atoms with Crippen molar-refractivity contribution >= 4 is 28.4 Å². The first-order valence-corrected chi connectivity index (χ1v) is 16.1. The van der Waals surface area contributed by atoms with E-state index in [2.05, 4.69) is 37.6 Å². The van der Waals surface area contributed by atoms with Gasteiger partial charge in [0.05, 0.1) is 13.7 Å². The highest BCUT2D eigenvalue weighted by Gasteiger charge is 2.23. The van der Waals surface area contributed by atoms with Crippen LogP contribution in [0, 0.1) is 5.82 Å². The van der Waals surface area contributed by atoms with Gasteiger partial charge in [-0.3, -0.25) is 9.59 Å². The number of nitrogens with zero attached hydrogens (tertiary/aromatic N) is 7. The fourth-order valence-electron chi connectivity index (χ4n) is 5.82. The number of piperidine rings is 1. The normalized spacial score (nSPS) is 13.7. The molecule has 5 heterocycles. The molecule has 1 fully saturated rings. The minimum absolute atomic E-state index is 0.0648. The summed E-state index contributed by atoms with van der Waals surface area (Å²) in [7, 11) is 3.73. The van der Waals surface area contributed by atoms with E-state index >= 15 is 4.39 Å². The van der Waals surface area contributed by atoms with Crippen LogP contribution in [0.3, 0.4) is 0 Å². The summed E-state index contributed by atoms with van der Waals surface area (Å²) in [4.78, 5) is 37.1. The van der Waals surface area contributed by atoms with Crippen LogP contribution in [0.4, 0.5) is 15.9 Å². The van der Waals surface area contributed by atoms with Crippen molar-refractivity contribution in [1.29, 1.82) is 0 Å². The van der Waals surface area contributed by atoms with Gasteiger partial charge in [0.25, 0.3) is 11.5 Å². The third kappa shape index (κ3) is 6.87. The van der Waals surface area contributed by atoms with E-state index in [1.165, 1.54) is 30.6 Å². The lowest BCUT2D eigenvalue weighted by atomic mass is 10.1. The second-order valence-corrected chi connectivity index (χ2v) is 11.9. The Bertz CT molecular complexity index is 2200. The summed E-state index contributed by atoms with van der Waals surface area (Å²) >= 11 is 0. The lowest BCUT2D eigenvalue weighted by molar-refractivity contribution is 0.102. The van der Waals surface area contributed by atoms with Gasteiger partial charge in [-0.2, -0.15) is 14.9 Å². The molecule has 254 valence electrons. The Hall–Kier alpha value is -6.15. The highest BCUT2D eigenvalue weighted by atomic mass is 19.1. The molecule has 0 radical (unpaired) electrons. The summed E-state index contributed by atoms with van der Waals surface area (Å²) in [5.74, 6) is 0.485. The minimum Gasteiger partial charge on any atom is -0.497 e. The van der Waals surface area contributed by atoms with Crippen molar-refractivity contribution in [2.75, 3.05) is 37.9 Å². The molecule has 4 aromatic heterocycles. The molecule has 1 aliphatic heterocycles. The molecule has 0 saturated carbocycles. The standard InChI is InChI=1S/C36H34FN9O4/c1-44-19-14-24(15-20-44)41-33-32-30(13-17-39-34(32)45(43-33)22-23-6-9-26(49-2)10-7-23)50-29-11-8-25(21-28(29)37)42-35(47)27-12-18-40-46(36(27)48)31-5-3-4-16-38-31/h3-13,16-18,21,24H,14-15,19-20,22H2,1-2H3,(H,41,43)(H,42,47). The largest absolute Gasteiger partial charge is 0.497 e. The quantitative estimate of drug-likeness (QED) is 0.201. The maximum Gasteiger partial charge on any atom is 0.285 e. The summed E-state index contributed by atoms with van der Waals surface area (Å²) in [5, 5.41) is 15.7. The molecule has 1 saturated heterocycles. The molecule has 0 atom stereocenters. The van der Waals surface area contributed by atoms with Crippen molar-refractivity contribution in [3.63, 3.8) is 0 Å². The number of hydrogen-bond acceptors (Lipinski definition) is 10. The molecule has 50 heavy (non-hydrogen) atoms. The number of carbonyl (C=O) groups is 1. The van der Waals surface area contributed by atoms with Gasteiger partial charge in [0.15, 0.2) is 28.8 Å². The van der Waals surface area contributed by atoms with E-state index in [0.29, 0.717) is 29.1 Å². The van der Waals surface area contributed by atoms with Gasteiger partial charge in [-0.1, -0.05) is 18.2 Å². The van der Waals surface area contributed by atoms with Gasteiger partial charge in [-0.05, 0) is 81.0 Å². The molecule has 2 aromatic carbocycles. The van der Waals surface area contributed by atoms with Crippen LogP contribution in [0.5, 0.6) is 17.2 Å². The van der Waals surface area contributed by atoms with Crippen LogP contribution in [0.1, 0.15) is 28.8 Å². The molecule has 13 nitrogen and oxygen atoms in total. The number of nitrogens with one attached hydrogen (secondary N) is 2. The predicted octanol–water partition coefficient (Wildman–Crippen LogP) is 5.12. The number of halogens is 1. The third-order valence-corrected chi connectivity index (χ3v) is 8.51. The number of pyridine rings is 2. The number of anilines is 2. The van der Waals surface area contributed by atoms with E-state index in [0.717, 1.165) is 48.0 Å². The summed E-state index contributed by atoms with van der Waals surface area (Å²) in [6.07, 6.45) is 6.33. The third-order valence-electron chi connectivity index (χ3n) is 8.51. The molecule has 6 aromatic rings. The number of ether oxygens (including phenoxy) is 2. The first-order chi connectivity index (χ1) is 24.4. The molecule has 1 amide bonds. The Labute approximate surface area is 286 Å². The van der Waals surface area contributed by atoms with Gasteiger partial charge in [0.1, 0.15) is 22.4 Å². The van der Waals surface area contributed by atoms with Gasteiger partial charge in [0, 0.05) is 42.5 Å². The Balaban J connectivity index is 1.15. The van der Waals surface area contributed by atoms with Crippen LogP contribution >= 0.6 is 0 Å². The van der Waals surface area contributed by atoms with Gasteiger partial charge in [-0.25, -0.2) is 19.0 Å². The number of fused-ring (bicyclic) bond motifs is 1. The number of aromatic nitrogens is 6. The van der Waals surface area contributed by atoms with Crippen molar-refractivity contribution in [2.45, 2.75) is 25.4 Å². The average Bonchev–Trinajstić information content (AvgIpc) is 3.48. The van der Waals surface area contributed by atoms with Crippen LogP contribution in [0.25, 0.3) is 16.9 Å². The SMILES string of the molecule is COc1ccc(Cn2nc(NC3CCN(C)CC3)c3c(Oc4ccc(NC(=O)c5ccnn(-c6ccccn6)c5=O)cc4F)ccnc32)cc1. The lowest BCUT2D eigenvalue weighted by Crippen LogP contribution is -2.36. The highest BCUT2D eigenvalue weighted by molar-refractivity contribution is 6.04. The molecule has 0 bridgehead atoms. The van der Waals surface area contributed by atoms with Gasteiger partial charge >= 0.3 is 0 Å². The molecule has 7 rings (SSSR count). The van der Waals surface area contributed by atoms with E-state index in [9.17, 15) is 9.59 Å². The van der Waals surface area contributed by atoms with Crippen LogP contribution in [-0.4, -0.2) is 73.6 Å². The monoisotopic (exact) mass is 675 g/mol. The second-order valence-electron chi connectivity index (χ2n) is 11.9. The van der Waals surface area contributed by atoms with Crippen molar-refractivity contribution < 1.29 is 18.7 Å². The maximum absolute atomic E-state index is 15.6. The minimum atomic E-state index is -0.722. The fourth-order valence-corrected chi connectivity index (χ4v) is 5.82. The average molecular weight is 676 g/mol. The molecule has 14 heteroatoms. The number of benzene rings is 2. The maximum atomic E-state index is 15.6. The molecule has 0 aliphatic carbocycles. The Morgan fingerprint density at radius 1 is 0.960 bits per heavy atom. The zero-order valence-electron chi connectivity index (χ0n) is 27.4. The molecule has 2 N–H and O–H groups in total. The smallest absolute Gasteiger partial charge is 0.285 e. The Kier molecular flexibility index (Phi) is 9.16. The zero-order valence-corrected chi connectivity index (χ0v) is 27.4. The van der Waals surface area contributed by atoms with E-state index in [-0.39, 0.29) is 28.9 Å². The van der Waals surface area contributed by atoms with E-state index in [4.69, 9.17) is 14.6 Å². The van der Waals surface area contributed by atoms with Crippen molar-refractivity contribution in [2.24, 2.45) is 0 Å². The molecular formula is C36H34FN9O4. The van der Waals surface area contributed by atoms with Crippen LogP contribution < -0.4 is 25.7 Å². The number of amides is 1. The van der Waals surface area contributed by atoms with E-state index in [1.807, 2.05) is 24.3 Å². The lowest BCUT2D eigenvalue weighted by Gasteiger charge is -2.29. The molecule has 0 unspecified atom stereocenters. The van der Waals surface area contributed by atoms with E-state index in [1.54, 1.807) is 42.3 Å². The second kappa shape index (κ2) is 14.1. The van der Waals surface area contributed by atoms with Gasteiger partial charge in [-0.15, -0.1) is 0 Å². The first kappa shape index (κ1) is 32.4. The van der Waals surface area contributed by atoms with E-state index < -0.39 is 17.3 Å². The molecule has 0 spiro atoms. The van der Waals surface area contributed by atoms with Crippen molar-refractivity contribution in [1.82, 2.24) is 34.4 Å². The van der Waals surface area contributed by atoms with Crippen LogP contribution in [0.15, 0.2) is 96.2 Å². The number of likely N-dealkylation sites (tertiary alicyclic amines) is 1. The predicted molar refractivity (Wildman–Crippen MR) is 186 cm³/mol. The van der Waals surface area contributed by atoms with Gasteiger partial charge in [0.2, 0.25) is 0 Å². The summed E-state index contributed by atoms with van der Waals surface area (Å²) in [6, 6.07) is 19.9. The Morgan fingerprint density at radius 3 is 2.52 bits per heavy atom. The van der Waals surface area contributed by atoms with Crippen LogP contribution in [0.2, 0.25) is 0 Å². The van der Waals surface area contributed by atoms with Crippen LogP contribution in [-0.2, 0) is 6.54 Å². The number of rotatable bonds is 10. The molecular weight excluding hydrogens is 641 g/mol. The van der Waals surface area contributed by atoms with Crippen molar-refractivity contribution in [3.05, 3.63) is 119 Å². The molecule has 1 aliphatic rings. The fraction of sp³-hybridized carbons (Fsp3) is 0.222. The highest BCUT2D eigenvalue weighted by Crippen LogP contribution is 2.36. The number of methoxy groups -OCH3 is 1. The summed E-state index contributed by atoms with van der Waals surface area (Å²) < 4.78 is 29.9. The van der Waals surface area contributed by atoms with Gasteiger partial charge < -0.3 is 25.0 Å². The Morgan fingerprint density at radius 2 is 1.78 bits per heavy atom. The zero-order chi connectivity index (χ0) is 34.6.